The summed E-state index contributed by atoms with van der Waals surface area (Å²) >= 11 is 0. The van der Waals surface area contributed by atoms with E-state index in [2.05, 4.69) is 35.2 Å². The lowest BCUT2D eigenvalue weighted by Gasteiger charge is -2.38. The second-order valence-corrected chi connectivity index (χ2v) is 7.65. The summed E-state index contributed by atoms with van der Waals surface area (Å²) in [5.74, 6) is -3.14. The number of benzene rings is 3. The van der Waals surface area contributed by atoms with Gasteiger partial charge in [0.05, 0.1) is 0 Å². The molecule has 1 fully saturated rings. The summed E-state index contributed by atoms with van der Waals surface area (Å²) < 4.78 is 28.9. The molecule has 0 bridgehead atoms. The Hall–Kier alpha value is -2.26. The molecule has 3 aromatic carbocycles. The van der Waals surface area contributed by atoms with Crippen LogP contribution < -0.4 is 0 Å². The Balaban J connectivity index is 1.42. The highest BCUT2D eigenvalue weighted by molar-refractivity contribution is 5.82. The van der Waals surface area contributed by atoms with E-state index in [1.807, 2.05) is 42.5 Å². The zero-order valence-corrected chi connectivity index (χ0v) is 15.5. The Labute approximate surface area is 159 Å². The van der Waals surface area contributed by atoms with E-state index < -0.39 is 11.8 Å². The van der Waals surface area contributed by atoms with Crippen LogP contribution in [0.1, 0.15) is 24.0 Å². The van der Waals surface area contributed by atoms with Crippen LogP contribution in [-0.2, 0) is 13.0 Å². The SMILES string of the molecule is FC1(F)CCN(Cc2ccc3ccccc3c2)CC1CCc1ccccc1. The third-order valence-corrected chi connectivity index (χ3v) is 5.68. The molecule has 1 saturated heterocycles. The zero-order valence-electron chi connectivity index (χ0n) is 15.5. The van der Waals surface area contributed by atoms with Gasteiger partial charge in [0.2, 0.25) is 0 Å². The van der Waals surface area contributed by atoms with E-state index in [0.717, 1.165) is 12.1 Å². The van der Waals surface area contributed by atoms with Crippen molar-refractivity contribution >= 4 is 10.8 Å². The maximum Gasteiger partial charge on any atom is 0.253 e. The summed E-state index contributed by atoms with van der Waals surface area (Å²) in [6.45, 7) is 1.66. The average Bonchev–Trinajstić information content (AvgIpc) is 2.69. The Morgan fingerprint density at radius 3 is 2.41 bits per heavy atom. The summed E-state index contributed by atoms with van der Waals surface area (Å²) in [7, 11) is 0. The smallest absolute Gasteiger partial charge is 0.253 e. The minimum atomic E-state index is -2.56. The molecule has 1 unspecified atom stereocenters. The molecule has 1 nitrogen and oxygen atoms in total. The standard InChI is InChI=1S/C24H25F2N/c25-24(26)14-15-27(18-23(24)13-11-19-6-2-1-3-7-19)17-20-10-12-21-8-4-5-9-22(21)16-20/h1-10,12,16,23H,11,13-15,17-18H2. The molecule has 4 rings (SSSR count). The Morgan fingerprint density at radius 1 is 0.852 bits per heavy atom. The molecule has 0 amide bonds. The number of likely N-dealkylation sites (tertiary alicyclic amines) is 1. The van der Waals surface area contributed by atoms with Crippen LogP contribution in [0, 0.1) is 5.92 Å². The first-order valence-corrected chi connectivity index (χ1v) is 9.72. The average molecular weight is 365 g/mol. The van der Waals surface area contributed by atoms with Crippen molar-refractivity contribution in [3.8, 4) is 0 Å². The normalized spacial score (nSPS) is 20.0. The van der Waals surface area contributed by atoms with Crippen molar-refractivity contribution in [2.24, 2.45) is 5.92 Å². The van der Waals surface area contributed by atoms with E-state index in [1.165, 1.54) is 16.3 Å². The third kappa shape index (κ3) is 4.36. The maximum atomic E-state index is 14.5. The Bertz CT molecular complexity index is 891. The second kappa shape index (κ2) is 7.77. The lowest BCUT2D eigenvalue weighted by molar-refractivity contribution is -0.109. The molecule has 27 heavy (non-hydrogen) atoms. The lowest BCUT2D eigenvalue weighted by Crippen LogP contribution is -2.46. The molecule has 0 spiro atoms. The number of hydrogen-bond acceptors (Lipinski definition) is 1. The maximum absolute atomic E-state index is 14.5. The summed E-state index contributed by atoms with van der Waals surface area (Å²) in [4.78, 5) is 2.19. The quantitative estimate of drug-likeness (QED) is 0.542. The van der Waals surface area contributed by atoms with Gasteiger partial charge in [0.15, 0.2) is 0 Å². The number of alkyl halides is 2. The fourth-order valence-corrected chi connectivity index (χ4v) is 4.07. The summed E-state index contributed by atoms with van der Waals surface area (Å²) in [6, 6.07) is 24.6. The van der Waals surface area contributed by atoms with E-state index in [1.54, 1.807) is 0 Å². The topological polar surface area (TPSA) is 3.24 Å². The molecular weight excluding hydrogens is 340 g/mol. The number of aryl methyl sites for hydroxylation is 1. The van der Waals surface area contributed by atoms with Gasteiger partial charge >= 0.3 is 0 Å². The molecule has 0 aliphatic carbocycles. The number of fused-ring (bicyclic) bond motifs is 1. The number of nitrogens with zero attached hydrogens (tertiary/aromatic N) is 1. The van der Waals surface area contributed by atoms with Crippen molar-refractivity contribution in [1.29, 1.82) is 0 Å². The molecule has 3 heteroatoms. The van der Waals surface area contributed by atoms with E-state index >= 15 is 0 Å². The number of halogens is 2. The van der Waals surface area contributed by atoms with Gasteiger partial charge in [0, 0.05) is 32.0 Å². The summed E-state index contributed by atoms with van der Waals surface area (Å²) in [5, 5.41) is 2.42. The van der Waals surface area contributed by atoms with E-state index in [-0.39, 0.29) is 6.42 Å². The fourth-order valence-electron chi connectivity index (χ4n) is 4.07. The van der Waals surface area contributed by atoms with Crippen LogP contribution in [0.15, 0.2) is 72.8 Å². The molecule has 1 atom stereocenters. The van der Waals surface area contributed by atoms with Crippen molar-refractivity contribution in [3.63, 3.8) is 0 Å². The predicted molar refractivity (Wildman–Crippen MR) is 107 cm³/mol. The van der Waals surface area contributed by atoms with Crippen molar-refractivity contribution in [1.82, 2.24) is 4.90 Å². The first-order valence-electron chi connectivity index (χ1n) is 9.72. The minimum Gasteiger partial charge on any atom is -0.298 e. The molecule has 0 N–H and O–H groups in total. The van der Waals surface area contributed by atoms with Gasteiger partial charge in [-0.3, -0.25) is 4.90 Å². The van der Waals surface area contributed by atoms with Crippen molar-refractivity contribution in [3.05, 3.63) is 83.9 Å². The highest BCUT2D eigenvalue weighted by atomic mass is 19.3. The number of piperidine rings is 1. The summed E-state index contributed by atoms with van der Waals surface area (Å²) in [5.41, 5.74) is 2.33. The van der Waals surface area contributed by atoms with E-state index in [0.29, 0.717) is 25.9 Å². The van der Waals surface area contributed by atoms with Gasteiger partial charge in [0.25, 0.3) is 5.92 Å². The molecule has 0 aromatic heterocycles. The first-order chi connectivity index (χ1) is 13.1. The molecule has 1 aliphatic rings. The Morgan fingerprint density at radius 2 is 1.59 bits per heavy atom. The molecule has 3 aromatic rings. The van der Waals surface area contributed by atoms with Gasteiger partial charge in [-0.05, 0) is 40.8 Å². The highest BCUT2D eigenvalue weighted by Gasteiger charge is 2.43. The molecular formula is C24H25F2N. The number of rotatable bonds is 5. The van der Waals surface area contributed by atoms with Gasteiger partial charge in [0.1, 0.15) is 0 Å². The van der Waals surface area contributed by atoms with Crippen LogP contribution in [0.2, 0.25) is 0 Å². The first kappa shape index (κ1) is 18.1. The predicted octanol–water partition coefficient (Wildman–Crippen LogP) is 5.93. The van der Waals surface area contributed by atoms with Crippen molar-refractivity contribution in [2.75, 3.05) is 13.1 Å². The van der Waals surface area contributed by atoms with Crippen molar-refractivity contribution in [2.45, 2.75) is 31.7 Å². The molecule has 1 heterocycles. The Kier molecular flexibility index (Phi) is 5.22. The largest absolute Gasteiger partial charge is 0.298 e. The zero-order chi connectivity index (χ0) is 18.7. The van der Waals surface area contributed by atoms with Gasteiger partial charge in [-0.1, -0.05) is 66.7 Å². The van der Waals surface area contributed by atoms with E-state index in [4.69, 9.17) is 0 Å². The van der Waals surface area contributed by atoms with E-state index in [9.17, 15) is 8.78 Å². The van der Waals surface area contributed by atoms with Crippen LogP contribution in [-0.4, -0.2) is 23.9 Å². The molecule has 140 valence electrons. The van der Waals surface area contributed by atoms with Crippen LogP contribution in [0.25, 0.3) is 10.8 Å². The van der Waals surface area contributed by atoms with Gasteiger partial charge in [-0.2, -0.15) is 0 Å². The van der Waals surface area contributed by atoms with Crippen LogP contribution in [0.4, 0.5) is 8.78 Å². The minimum absolute atomic E-state index is 0.0416. The van der Waals surface area contributed by atoms with Crippen LogP contribution >= 0.6 is 0 Å². The van der Waals surface area contributed by atoms with Crippen LogP contribution in [0.5, 0.6) is 0 Å². The van der Waals surface area contributed by atoms with Gasteiger partial charge in [-0.25, -0.2) is 8.78 Å². The molecule has 0 radical (unpaired) electrons. The van der Waals surface area contributed by atoms with Gasteiger partial charge < -0.3 is 0 Å². The van der Waals surface area contributed by atoms with Gasteiger partial charge in [-0.15, -0.1) is 0 Å². The monoisotopic (exact) mass is 365 g/mol. The lowest BCUT2D eigenvalue weighted by atomic mass is 9.88. The molecule has 1 aliphatic heterocycles. The molecule has 0 saturated carbocycles. The second-order valence-electron chi connectivity index (χ2n) is 7.65. The highest BCUT2D eigenvalue weighted by Crippen LogP contribution is 2.36. The number of hydrogen-bond donors (Lipinski definition) is 0. The van der Waals surface area contributed by atoms with Crippen molar-refractivity contribution < 1.29 is 8.78 Å². The van der Waals surface area contributed by atoms with Crippen LogP contribution in [0.3, 0.4) is 0 Å². The fraction of sp³-hybridized carbons (Fsp3) is 0.333. The summed E-state index contributed by atoms with van der Waals surface area (Å²) in [6.07, 6.45) is 1.20. The third-order valence-electron chi connectivity index (χ3n) is 5.68.